The number of hydrogen-bond acceptors (Lipinski definition) is 4. The van der Waals surface area contributed by atoms with Crippen LogP contribution in [0.15, 0.2) is 30.5 Å². The van der Waals surface area contributed by atoms with Crippen LogP contribution in [0.25, 0.3) is 12.2 Å². The van der Waals surface area contributed by atoms with Gasteiger partial charge in [0.1, 0.15) is 6.20 Å². The molecule has 0 spiro atoms. The molecule has 0 aliphatic heterocycles. The molecule has 0 unspecified atom stereocenters. The zero-order chi connectivity index (χ0) is 13.8. The predicted octanol–water partition coefficient (Wildman–Crippen LogP) is 2.37. The minimum absolute atomic E-state index is 0.0757. The van der Waals surface area contributed by atoms with Gasteiger partial charge in [-0.05, 0) is 22.6 Å². The van der Waals surface area contributed by atoms with Gasteiger partial charge in [-0.2, -0.15) is 5.26 Å². The molecule has 0 fully saturated rings. The van der Waals surface area contributed by atoms with Crippen LogP contribution in [0.3, 0.4) is 0 Å². The molecule has 0 atom stereocenters. The minimum Gasteiger partial charge on any atom is -0.358 e. The van der Waals surface area contributed by atoms with Crippen molar-refractivity contribution in [2.45, 2.75) is 0 Å². The summed E-state index contributed by atoms with van der Waals surface area (Å²) in [6.45, 7) is 0. The van der Waals surface area contributed by atoms with Gasteiger partial charge in [0.25, 0.3) is 0 Å². The van der Waals surface area contributed by atoms with Gasteiger partial charge in [-0.25, -0.2) is 9.55 Å². The van der Waals surface area contributed by atoms with Crippen molar-refractivity contribution >= 4 is 18.0 Å². The summed E-state index contributed by atoms with van der Waals surface area (Å²) in [7, 11) is 1.57. The van der Waals surface area contributed by atoms with E-state index >= 15 is 0 Å². The number of rotatable bonds is 3. The van der Waals surface area contributed by atoms with Gasteiger partial charge in [-0.15, -0.1) is 0 Å². The molecule has 1 aromatic heterocycles. The van der Waals surface area contributed by atoms with E-state index < -0.39 is 4.92 Å². The molecule has 94 valence electrons. The lowest BCUT2D eigenvalue weighted by Gasteiger charge is -1.96. The Hall–Kier alpha value is -2.94. The first-order valence-corrected chi connectivity index (χ1v) is 5.47. The van der Waals surface area contributed by atoms with Crippen LogP contribution >= 0.6 is 0 Å². The van der Waals surface area contributed by atoms with Gasteiger partial charge in [0.2, 0.25) is 5.82 Å². The van der Waals surface area contributed by atoms with Crippen LogP contribution in [0.1, 0.15) is 17.0 Å². The molecule has 1 aromatic carbocycles. The van der Waals surface area contributed by atoms with Crippen LogP contribution < -0.4 is 0 Å². The molecule has 2 aromatic rings. The highest BCUT2D eigenvalue weighted by Crippen LogP contribution is 2.15. The van der Waals surface area contributed by atoms with E-state index in [0.29, 0.717) is 11.4 Å². The van der Waals surface area contributed by atoms with Crippen LogP contribution in [-0.4, -0.2) is 14.5 Å². The average Bonchev–Trinajstić information content (AvgIpc) is 2.78. The standard InChI is InChI=1S/C13H10N4O2/c1-16-12(15-9-13(16)17(18)19)7-6-10-4-2-3-5-11(10)8-14/h2-7,9H,1H3/b7-6+. The van der Waals surface area contributed by atoms with Crippen molar-refractivity contribution in [3.63, 3.8) is 0 Å². The van der Waals surface area contributed by atoms with Gasteiger partial charge in [0.15, 0.2) is 0 Å². The van der Waals surface area contributed by atoms with E-state index in [-0.39, 0.29) is 5.82 Å². The zero-order valence-corrected chi connectivity index (χ0v) is 10.1. The van der Waals surface area contributed by atoms with E-state index in [1.807, 2.05) is 6.07 Å². The number of nitriles is 1. The summed E-state index contributed by atoms with van der Waals surface area (Å²) in [5.74, 6) is 0.382. The first-order valence-electron chi connectivity index (χ1n) is 5.47. The third kappa shape index (κ3) is 2.50. The Labute approximate surface area is 109 Å². The largest absolute Gasteiger partial charge is 0.358 e. The summed E-state index contributed by atoms with van der Waals surface area (Å²) in [5.41, 5.74) is 1.29. The number of nitrogens with zero attached hydrogens (tertiary/aromatic N) is 4. The molecule has 6 heteroatoms. The third-order valence-electron chi connectivity index (χ3n) is 2.68. The molecule has 0 aliphatic rings. The van der Waals surface area contributed by atoms with Crippen molar-refractivity contribution in [3.8, 4) is 6.07 Å². The zero-order valence-electron chi connectivity index (χ0n) is 10.1. The maximum Gasteiger partial charge on any atom is 0.342 e. The molecule has 0 amide bonds. The maximum absolute atomic E-state index is 10.7. The lowest BCUT2D eigenvalue weighted by Crippen LogP contribution is -1.98. The fourth-order valence-corrected chi connectivity index (χ4v) is 1.65. The number of imidazole rings is 1. The van der Waals surface area contributed by atoms with Crippen LogP contribution in [0.4, 0.5) is 5.82 Å². The second-order valence-corrected chi connectivity index (χ2v) is 3.82. The smallest absolute Gasteiger partial charge is 0.342 e. The van der Waals surface area contributed by atoms with Gasteiger partial charge in [-0.1, -0.05) is 18.2 Å². The number of nitro groups is 1. The topological polar surface area (TPSA) is 84.8 Å². The van der Waals surface area contributed by atoms with Crippen molar-refractivity contribution in [2.75, 3.05) is 0 Å². The van der Waals surface area contributed by atoms with Crippen molar-refractivity contribution < 1.29 is 4.92 Å². The molecule has 0 bridgehead atoms. The highest BCUT2D eigenvalue weighted by atomic mass is 16.6. The molecule has 0 saturated heterocycles. The molecule has 6 nitrogen and oxygen atoms in total. The molecular formula is C13H10N4O2. The first-order chi connectivity index (χ1) is 9.13. The first kappa shape index (κ1) is 12.5. The second-order valence-electron chi connectivity index (χ2n) is 3.82. The summed E-state index contributed by atoms with van der Waals surface area (Å²) in [6, 6.07) is 9.19. The van der Waals surface area contributed by atoms with Crippen LogP contribution in [0, 0.1) is 21.4 Å². The molecule has 0 aliphatic carbocycles. The van der Waals surface area contributed by atoms with Crippen molar-refractivity contribution in [3.05, 3.63) is 57.5 Å². The Morgan fingerprint density at radius 2 is 2.16 bits per heavy atom. The molecule has 19 heavy (non-hydrogen) atoms. The van der Waals surface area contributed by atoms with E-state index in [1.165, 1.54) is 10.8 Å². The van der Waals surface area contributed by atoms with Crippen LogP contribution in [0.2, 0.25) is 0 Å². The monoisotopic (exact) mass is 254 g/mol. The predicted molar refractivity (Wildman–Crippen MR) is 69.9 cm³/mol. The van der Waals surface area contributed by atoms with E-state index in [1.54, 1.807) is 37.4 Å². The fraction of sp³-hybridized carbons (Fsp3) is 0.0769. The number of benzene rings is 1. The quantitative estimate of drug-likeness (QED) is 0.621. The van der Waals surface area contributed by atoms with E-state index in [4.69, 9.17) is 5.26 Å². The van der Waals surface area contributed by atoms with Crippen molar-refractivity contribution in [1.29, 1.82) is 5.26 Å². The normalized spacial score (nSPS) is 10.5. The summed E-state index contributed by atoms with van der Waals surface area (Å²) < 4.78 is 1.38. The van der Waals surface area contributed by atoms with Gasteiger partial charge in [-0.3, -0.25) is 0 Å². The summed E-state index contributed by atoms with van der Waals surface area (Å²) in [4.78, 5) is 14.2. The number of hydrogen-bond donors (Lipinski definition) is 0. The SMILES string of the molecule is Cn1c([N+](=O)[O-])cnc1/C=C/c1ccccc1C#N. The fourth-order valence-electron chi connectivity index (χ4n) is 1.65. The van der Waals surface area contributed by atoms with E-state index in [9.17, 15) is 10.1 Å². The number of aromatic nitrogens is 2. The molecule has 0 N–H and O–H groups in total. The summed E-state index contributed by atoms with van der Waals surface area (Å²) >= 11 is 0. The lowest BCUT2D eigenvalue weighted by atomic mass is 10.1. The summed E-state index contributed by atoms with van der Waals surface area (Å²) in [5, 5.41) is 19.6. The molecule has 0 radical (unpaired) electrons. The van der Waals surface area contributed by atoms with Crippen LogP contribution in [0.5, 0.6) is 0 Å². The Morgan fingerprint density at radius 1 is 1.42 bits per heavy atom. The highest BCUT2D eigenvalue weighted by Gasteiger charge is 2.13. The highest BCUT2D eigenvalue weighted by molar-refractivity contribution is 5.70. The molecule has 2 rings (SSSR count). The molecular weight excluding hydrogens is 244 g/mol. The minimum atomic E-state index is -0.492. The molecule has 1 heterocycles. The van der Waals surface area contributed by atoms with Gasteiger partial charge >= 0.3 is 5.82 Å². The third-order valence-corrected chi connectivity index (χ3v) is 2.68. The Kier molecular flexibility index (Phi) is 3.39. The Bertz CT molecular complexity index is 695. The van der Waals surface area contributed by atoms with Gasteiger partial charge in [0, 0.05) is 6.08 Å². The Balaban J connectivity index is 2.34. The second kappa shape index (κ2) is 5.14. The Morgan fingerprint density at radius 3 is 2.79 bits per heavy atom. The average molecular weight is 254 g/mol. The van der Waals surface area contributed by atoms with E-state index in [0.717, 1.165) is 5.56 Å². The van der Waals surface area contributed by atoms with Crippen molar-refractivity contribution in [1.82, 2.24) is 9.55 Å². The van der Waals surface area contributed by atoms with Crippen molar-refractivity contribution in [2.24, 2.45) is 7.05 Å². The van der Waals surface area contributed by atoms with Gasteiger partial charge in [0.05, 0.1) is 18.7 Å². The lowest BCUT2D eigenvalue weighted by molar-refractivity contribution is -0.391. The maximum atomic E-state index is 10.7. The van der Waals surface area contributed by atoms with Crippen LogP contribution in [-0.2, 0) is 7.05 Å². The van der Waals surface area contributed by atoms with Gasteiger partial charge < -0.3 is 10.1 Å². The van der Waals surface area contributed by atoms with E-state index in [2.05, 4.69) is 11.1 Å². The summed E-state index contributed by atoms with van der Waals surface area (Å²) in [6.07, 6.45) is 4.56. The molecule has 0 saturated carbocycles.